The van der Waals surface area contributed by atoms with Crippen molar-refractivity contribution in [2.75, 3.05) is 6.54 Å². The fourth-order valence-electron chi connectivity index (χ4n) is 2.28. The standard InChI is InChI=1S/C17H20FNO/c1-2-16(14-10-6-7-11-15(14)18)19-12-17(20)13-8-4-3-5-9-13/h3-11,16-17,19-20H,2,12H2,1H3. The third kappa shape index (κ3) is 3.65. The molecule has 3 heteroatoms. The smallest absolute Gasteiger partial charge is 0.127 e. The van der Waals surface area contributed by atoms with E-state index < -0.39 is 6.10 Å². The average Bonchev–Trinajstić information content (AvgIpc) is 2.50. The predicted molar refractivity (Wildman–Crippen MR) is 78.8 cm³/mol. The van der Waals surface area contributed by atoms with E-state index >= 15 is 0 Å². The first-order valence-electron chi connectivity index (χ1n) is 6.93. The highest BCUT2D eigenvalue weighted by molar-refractivity contribution is 5.22. The zero-order valence-corrected chi connectivity index (χ0v) is 11.6. The summed E-state index contributed by atoms with van der Waals surface area (Å²) in [5, 5.41) is 13.4. The molecule has 0 aliphatic carbocycles. The summed E-state index contributed by atoms with van der Waals surface area (Å²) in [4.78, 5) is 0. The number of hydrogen-bond donors (Lipinski definition) is 2. The Labute approximate surface area is 119 Å². The van der Waals surface area contributed by atoms with Gasteiger partial charge in [-0.2, -0.15) is 0 Å². The van der Waals surface area contributed by atoms with Gasteiger partial charge in [-0.05, 0) is 18.1 Å². The van der Waals surface area contributed by atoms with Crippen molar-refractivity contribution in [2.45, 2.75) is 25.5 Å². The van der Waals surface area contributed by atoms with Crippen LogP contribution in [0.3, 0.4) is 0 Å². The van der Waals surface area contributed by atoms with E-state index in [0.29, 0.717) is 12.1 Å². The summed E-state index contributed by atoms with van der Waals surface area (Å²) in [5.41, 5.74) is 1.51. The van der Waals surface area contributed by atoms with Crippen LogP contribution in [-0.2, 0) is 0 Å². The topological polar surface area (TPSA) is 32.3 Å². The van der Waals surface area contributed by atoms with E-state index in [4.69, 9.17) is 0 Å². The van der Waals surface area contributed by atoms with Crippen LogP contribution in [0.25, 0.3) is 0 Å². The molecular formula is C17H20FNO. The third-order valence-corrected chi connectivity index (χ3v) is 3.43. The molecule has 0 spiro atoms. The molecule has 0 saturated carbocycles. The molecule has 0 saturated heterocycles. The molecule has 2 rings (SSSR count). The SMILES string of the molecule is CCC(NCC(O)c1ccccc1)c1ccccc1F. The second kappa shape index (κ2) is 7.17. The van der Waals surface area contributed by atoms with Crippen LogP contribution in [-0.4, -0.2) is 11.7 Å². The minimum atomic E-state index is -0.586. The van der Waals surface area contributed by atoms with Gasteiger partial charge in [-0.15, -0.1) is 0 Å². The zero-order valence-electron chi connectivity index (χ0n) is 11.6. The summed E-state index contributed by atoms with van der Waals surface area (Å²) < 4.78 is 13.8. The minimum Gasteiger partial charge on any atom is -0.387 e. The molecule has 2 N–H and O–H groups in total. The van der Waals surface area contributed by atoms with Gasteiger partial charge in [0.05, 0.1) is 6.10 Å². The summed E-state index contributed by atoms with van der Waals surface area (Å²) >= 11 is 0. The molecule has 106 valence electrons. The van der Waals surface area contributed by atoms with Gasteiger partial charge in [0.15, 0.2) is 0 Å². The van der Waals surface area contributed by atoms with E-state index in [9.17, 15) is 9.50 Å². The Hall–Kier alpha value is -1.71. The van der Waals surface area contributed by atoms with Gasteiger partial charge >= 0.3 is 0 Å². The predicted octanol–water partition coefficient (Wildman–Crippen LogP) is 3.60. The summed E-state index contributed by atoms with van der Waals surface area (Å²) in [7, 11) is 0. The maximum Gasteiger partial charge on any atom is 0.127 e. The number of hydrogen-bond acceptors (Lipinski definition) is 2. The van der Waals surface area contributed by atoms with Crippen LogP contribution in [0.15, 0.2) is 54.6 Å². The van der Waals surface area contributed by atoms with Crippen molar-refractivity contribution in [3.05, 3.63) is 71.5 Å². The number of rotatable bonds is 6. The van der Waals surface area contributed by atoms with Crippen LogP contribution in [0.5, 0.6) is 0 Å². The number of halogens is 1. The highest BCUT2D eigenvalue weighted by Gasteiger charge is 2.15. The van der Waals surface area contributed by atoms with Gasteiger partial charge in [0, 0.05) is 18.2 Å². The minimum absolute atomic E-state index is 0.0884. The van der Waals surface area contributed by atoms with Crippen LogP contribution >= 0.6 is 0 Å². The Bertz CT molecular complexity index is 530. The van der Waals surface area contributed by atoms with Crippen molar-refractivity contribution in [1.29, 1.82) is 0 Å². The lowest BCUT2D eigenvalue weighted by atomic mass is 10.0. The zero-order chi connectivity index (χ0) is 14.4. The first kappa shape index (κ1) is 14.7. The van der Waals surface area contributed by atoms with Crippen LogP contribution in [0.2, 0.25) is 0 Å². The number of aliphatic hydroxyl groups is 1. The van der Waals surface area contributed by atoms with Gasteiger partial charge in [0.2, 0.25) is 0 Å². The van der Waals surface area contributed by atoms with Crippen molar-refractivity contribution in [3.63, 3.8) is 0 Å². The number of nitrogens with one attached hydrogen (secondary N) is 1. The first-order valence-corrected chi connectivity index (χ1v) is 6.93. The van der Waals surface area contributed by atoms with E-state index in [1.54, 1.807) is 12.1 Å². The average molecular weight is 273 g/mol. The molecule has 2 unspecified atom stereocenters. The van der Waals surface area contributed by atoms with Crippen LogP contribution < -0.4 is 5.32 Å². The van der Waals surface area contributed by atoms with Gasteiger partial charge in [-0.25, -0.2) is 4.39 Å². The molecule has 0 aliphatic rings. The normalized spacial score (nSPS) is 13.9. The molecule has 0 amide bonds. The van der Waals surface area contributed by atoms with E-state index in [0.717, 1.165) is 12.0 Å². The monoisotopic (exact) mass is 273 g/mol. The van der Waals surface area contributed by atoms with Crippen LogP contribution in [0, 0.1) is 5.82 Å². The van der Waals surface area contributed by atoms with Gasteiger partial charge in [0.1, 0.15) is 5.82 Å². The molecule has 0 aliphatic heterocycles. The Kier molecular flexibility index (Phi) is 5.27. The van der Waals surface area contributed by atoms with Crippen LogP contribution in [0.4, 0.5) is 4.39 Å². The first-order chi connectivity index (χ1) is 9.72. The number of aliphatic hydroxyl groups excluding tert-OH is 1. The van der Waals surface area contributed by atoms with Crippen molar-refractivity contribution in [3.8, 4) is 0 Å². The lowest BCUT2D eigenvalue weighted by Crippen LogP contribution is -2.26. The molecule has 2 aromatic carbocycles. The van der Waals surface area contributed by atoms with E-state index in [-0.39, 0.29) is 11.9 Å². The summed E-state index contributed by atoms with van der Waals surface area (Å²) in [6.07, 6.45) is 0.180. The second-order valence-electron chi connectivity index (χ2n) is 4.82. The molecule has 0 radical (unpaired) electrons. The summed E-state index contributed by atoms with van der Waals surface area (Å²) in [5.74, 6) is -0.207. The van der Waals surface area contributed by atoms with E-state index in [2.05, 4.69) is 5.32 Å². The van der Waals surface area contributed by atoms with Gasteiger partial charge < -0.3 is 10.4 Å². The van der Waals surface area contributed by atoms with Crippen molar-refractivity contribution in [1.82, 2.24) is 5.32 Å². The Morgan fingerprint density at radius 2 is 1.70 bits per heavy atom. The Morgan fingerprint density at radius 3 is 2.35 bits per heavy atom. The van der Waals surface area contributed by atoms with Crippen LogP contribution in [0.1, 0.15) is 36.6 Å². The van der Waals surface area contributed by atoms with Gasteiger partial charge in [-0.3, -0.25) is 0 Å². The molecule has 2 atom stereocenters. The molecule has 0 aromatic heterocycles. The van der Waals surface area contributed by atoms with Crippen molar-refractivity contribution < 1.29 is 9.50 Å². The highest BCUT2D eigenvalue weighted by atomic mass is 19.1. The quantitative estimate of drug-likeness (QED) is 0.843. The Morgan fingerprint density at radius 1 is 1.05 bits per heavy atom. The maximum absolute atomic E-state index is 13.8. The largest absolute Gasteiger partial charge is 0.387 e. The molecular weight excluding hydrogens is 253 g/mol. The fraction of sp³-hybridized carbons (Fsp3) is 0.294. The van der Waals surface area contributed by atoms with Crippen molar-refractivity contribution >= 4 is 0 Å². The summed E-state index contributed by atoms with van der Waals surface area (Å²) in [6.45, 7) is 2.40. The third-order valence-electron chi connectivity index (χ3n) is 3.43. The molecule has 20 heavy (non-hydrogen) atoms. The lowest BCUT2D eigenvalue weighted by molar-refractivity contribution is 0.169. The van der Waals surface area contributed by atoms with E-state index in [1.807, 2.05) is 43.3 Å². The summed E-state index contributed by atoms with van der Waals surface area (Å²) in [6, 6.07) is 16.2. The molecule has 2 nitrogen and oxygen atoms in total. The maximum atomic E-state index is 13.8. The molecule has 0 heterocycles. The highest BCUT2D eigenvalue weighted by Crippen LogP contribution is 2.21. The van der Waals surface area contributed by atoms with E-state index in [1.165, 1.54) is 6.07 Å². The molecule has 0 bridgehead atoms. The molecule has 0 fully saturated rings. The van der Waals surface area contributed by atoms with Gasteiger partial charge in [-0.1, -0.05) is 55.5 Å². The van der Waals surface area contributed by atoms with Gasteiger partial charge in [0.25, 0.3) is 0 Å². The lowest BCUT2D eigenvalue weighted by Gasteiger charge is -2.20. The molecule has 2 aromatic rings. The second-order valence-corrected chi connectivity index (χ2v) is 4.82. The van der Waals surface area contributed by atoms with Crippen molar-refractivity contribution in [2.24, 2.45) is 0 Å². The fourth-order valence-corrected chi connectivity index (χ4v) is 2.28. The number of benzene rings is 2. The Balaban J connectivity index is 2.00.